The van der Waals surface area contributed by atoms with Gasteiger partial charge in [-0.3, -0.25) is 4.57 Å². The first-order valence-corrected chi connectivity index (χ1v) is 15.4. The van der Waals surface area contributed by atoms with E-state index in [-0.39, 0.29) is 10.8 Å². The van der Waals surface area contributed by atoms with Crippen LogP contribution in [0.5, 0.6) is 11.5 Å². The number of hydrogen-bond acceptors (Lipinski definition) is 4. The normalized spacial score (nSPS) is 13.6. The molecule has 0 amide bonds. The second-order valence-electron chi connectivity index (χ2n) is 14.0. The van der Waals surface area contributed by atoms with E-state index in [4.69, 9.17) is 9.72 Å². The van der Waals surface area contributed by atoms with Crippen molar-refractivity contribution in [1.82, 2.24) is 9.55 Å². The number of aromatic nitrogens is 2. The molecule has 0 radical (unpaired) electrons. The molecular weight excluding hydrogens is 540 g/mol. The fourth-order valence-electron chi connectivity index (χ4n) is 6.24. The van der Waals surface area contributed by atoms with Crippen LogP contribution in [0.4, 0.5) is 17.1 Å². The molecule has 222 valence electrons. The van der Waals surface area contributed by atoms with Gasteiger partial charge in [-0.2, -0.15) is 0 Å². The van der Waals surface area contributed by atoms with Crippen LogP contribution in [0.2, 0.25) is 0 Å². The van der Waals surface area contributed by atoms with Gasteiger partial charge in [-0.1, -0.05) is 65.8 Å². The first-order chi connectivity index (χ1) is 21.0. The first kappa shape index (κ1) is 28.0. The van der Waals surface area contributed by atoms with Gasteiger partial charge in [-0.25, -0.2) is 4.98 Å². The van der Waals surface area contributed by atoms with Gasteiger partial charge in [0.1, 0.15) is 17.3 Å². The Morgan fingerprint density at radius 3 is 2.14 bits per heavy atom. The molecule has 0 N–H and O–H groups in total. The zero-order chi connectivity index (χ0) is 30.8. The number of benzene rings is 4. The minimum Gasteiger partial charge on any atom is -0.457 e. The lowest BCUT2D eigenvalue weighted by Gasteiger charge is -2.20. The lowest BCUT2D eigenvalue weighted by molar-refractivity contribution is 0.483. The van der Waals surface area contributed by atoms with E-state index in [0.29, 0.717) is 0 Å². The Kier molecular flexibility index (Phi) is 6.47. The van der Waals surface area contributed by atoms with Crippen molar-refractivity contribution in [3.05, 3.63) is 114 Å². The lowest BCUT2D eigenvalue weighted by Crippen LogP contribution is -2.23. The number of anilines is 3. The van der Waals surface area contributed by atoms with Gasteiger partial charge in [0.25, 0.3) is 0 Å². The maximum atomic E-state index is 6.57. The van der Waals surface area contributed by atoms with Crippen molar-refractivity contribution in [2.24, 2.45) is 0 Å². The molecule has 0 bridgehead atoms. The largest absolute Gasteiger partial charge is 0.457 e. The van der Waals surface area contributed by atoms with Gasteiger partial charge < -0.3 is 14.5 Å². The van der Waals surface area contributed by atoms with Crippen molar-refractivity contribution in [1.29, 1.82) is 0 Å². The van der Waals surface area contributed by atoms with Crippen molar-refractivity contribution >= 4 is 38.9 Å². The molecule has 7 rings (SSSR count). The van der Waals surface area contributed by atoms with Gasteiger partial charge >= 0.3 is 0 Å². The van der Waals surface area contributed by atoms with E-state index < -0.39 is 0 Å². The van der Waals surface area contributed by atoms with Crippen molar-refractivity contribution in [2.75, 3.05) is 23.5 Å². The van der Waals surface area contributed by atoms with E-state index in [0.717, 1.165) is 40.7 Å². The lowest BCUT2D eigenvalue weighted by atomic mass is 9.86. The molecule has 0 saturated carbocycles. The number of pyridine rings is 1. The van der Waals surface area contributed by atoms with Crippen molar-refractivity contribution in [2.45, 2.75) is 52.4 Å². The highest BCUT2D eigenvalue weighted by atomic mass is 16.5. The van der Waals surface area contributed by atoms with Gasteiger partial charge in [-0.15, -0.1) is 0 Å². The summed E-state index contributed by atoms with van der Waals surface area (Å²) in [6.45, 7) is 14.3. The molecule has 6 aromatic rings. The maximum absolute atomic E-state index is 6.57. The van der Waals surface area contributed by atoms with Crippen LogP contribution >= 0.6 is 0 Å². The average Bonchev–Trinajstić information content (AvgIpc) is 3.50. The minimum absolute atomic E-state index is 0.0137. The van der Waals surface area contributed by atoms with E-state index in [2.05, 4.69) is 154 Å². The zero-order valence-corrected chi connectivity index (χ0v) is 26.7. The SMILES string of the molecule is CN1CN(c2cccc(Oc3ccc4c5cc(C(C)(C)C)ccc5n(-c5cc(C(C)(C)C)ccn5)c4c3)c2)c2ccccc21. The minimum atomic E-state index is 0.0137. The third-order valence-corrected chi connectivity index (χ3v) is 8.75. The fraction of sp³-hybridized carbons (Fsp3) is 0.256. The summed E-state index contributed by atoms with van der Waals surface area (Å²) in [4.78, 5) is 9.46. The first-order valence-electron chi connectivity index (χ1n) is 15.4. The summed E-state index contributed by atoms with van der Waals surface area (Å²) in [6.07, 6.45) is 1.93. The number of fused-ring (bicyclic) bond motifs is 4. The standard InChI is InChI=1S/C39H40N4O/c1-38(2,3)26-15-18-33-32(21-26)31-17-16-30(24-36(31)43(33)37-22-27(19-20-40-37)39(4,5)6)44-29-12-10-11-28(23-29)42-25-41(7)34-13-8-9-14-35(34)42/h8-24H,25H2,1-7H3. The third-order valence-electron chi connectivity index (χ3n) is 8.75. The molecule has 0 spiro atoms. The second-order valence-corrected chi connectivity index (χ2v) is 14.0. The second kappa shape index (κ2) is 10.2. The summed E-state index contributed by atoms with van der Waals surface area (Å²) in [6, 6.07) is 34.5. The Balaban J connectivity index is 1.33. The quantitative estimate of drug-likeness (QED) is 0.208. The molecule has 0 atom stereocenters. The average molecular weight is 581 g/mol. The highest BCUT2D eigenvalue weighted by Crippen LogP contribution is 2.41. The van der Waals surface area contributed by atoms with E-state index in [1.165, 1.54) is 33.3 Å². The summed E-state index contributed by atoms with van der Waals surface area (Å²) in [5.41, 5.74) is 8.39. The van der Waals surface area contributed by atoms with E-state index in [9.17, 15) is 0 Å². The molecule has 44 heavy (non-hydrogen) atoms. The summed E-state index contributed by atoms with van der Waals surface area (Å²) in [7, 11) is 2.13. The van der Waals surface area contributed by atoms with Crippen molar-refractivity contribution in [3.8, 4) is 17.3 Å². The van der Waals surface area contributed by atoms with Crippen LogP contribution in [-0.2, 0) is 10.8 Å². The molecule has 3 heterocycles. The molecule has 5 nitrogen and oxygen atoms in total. The van der Waals surface area contributed by atoms with Gasteiger partial charge in [0.15, 0.2) is 0 Å². The molecule has 0 unspecified atom stereocenters. The predicted molar refractivity (Wildman–Crippen MR) is 184 cm³/mol. The summed E-state index contributed by atoms with van der Waals surface area (Å²) < 4.78 is 8.85. The number of hydrogen-bond donors (Lipinski definition) is 0. The highest BCUT2D eigenvalue weighted by Gasteiger charge is 2.24. The Hall–Kier alpha value is -4.77. The smallest absolute Gasteiger partial charge is 0.137 e. The van der Waals surface area contributed by atoms with E-state index in [1.54, 1.807) is 0 Å². The van der Waals surface area contributed by atoms with Crippen LogP contribution in [0.15, 0.2) is 103 Å². The third kappa shape index (κ3) is 4.86. The summed E-state index contributed by atoms with van der Waals surface area (Å²) in [5, 5.41) is 2.41. The Labute approximate surface area is 260 Å². The summed E-state index contributed by atoms with van der Waals surface area (Å²) >= 11 is 0. The molecule has 0 aliphatic carbocycles. The molecule has 4 aromatic carbocycles. The molecule has 2 aromatic heterocycles. The fourth-order valence-corrected chi connectivity index (χ4v) is 6.24. The maximum Gasteiger partial charge on any atom is 0.137 e. The Bertz CT molecular complexity index is 2020. The Morgan fingerprint density at radius 2 is 1.36 bits per heavy atom. The van der Waals surface area contributed by atoms with Crippen LogP contribution < -0.4 is 14.5 Å². The predicted octanol–water partition coefficient (Wildman–Crippen LogP) is 10.1. The highest BCUT2D eigenvalue weighted by molar-refractivity contribution is 6.09. The van der Waals surface area contributed by atoms with Crippen LogP contribution in [0.1, 0.15) is 52.7 Å². The number of para-hydroxylation sites is 2. The topological polar surface area (TPSA) is 33.5 Å². The molecule has 5 heteroatoms. The number of nitrogens with zero attached hydrogens (tertiary/aromatic N) is 4. The van der Waals surface area contributed by atoms with E-state index in [1.807, 2.05) is 12.3 Å². The molecule has 0 saturated heterocycles. The zero-order valence-electron chi connectivity index (χ0n) is 26.7. The molecule has 1 aliphatic rings. The Morgan fingerprint density at radius 1 is 0.636 bits per heavy atom. The number of rotatable bonds is 4. The van der Waals surface area contributed by atoms with Crippen LogP contribution in [0.25, 0.3) is 27.6 Å². The van der Waals surface area contributed by atoms with Gasteiger partial charge in [0, 0.05) is 41.8 Å². The monoisotopic (exact) mass is 580 g/mol. The van der Waals surface area contributed by atoms with Crippen molar-refractivity contribution in [3.63, 3.8) is 0 Å². The van der Waals surface area contributed by atoms with Gasteiger partial charge in [-0.05, 0) is 82.6 Å². The molecule has 0 fully saturated rings. The van der Waals surface area contributed by atoms with Crippen molar-refractivity contribution < 1.29 is 4.74 Å². The van der Waals surface area contributed by atoms with Crippen LogP contribution in [0, 0.1) is 0 Å². The van der Waals surface area contributed by atoms with Gasteiger partial charge in [0.2, 0.25) is 0 Å². The number of ether oxygens (including phenoxy) is 1. The van der Waals surface area contributed by atoms with Crippen LogP contribution in [0.3, 0.4) is 0 Å². The van der Waals surface area contributed by atoms with Crippen LogP contribution in [-0.4, -0.2) is 23.3 Å². The summed E-state index contributed by atoms with van der Waals surface area (Å²) in [5.74, 6) is 2.51. The molecular formula is C39H40N4O. The van der Waals surface area contributed by atoms with E-state index >= 15 is 0 Å². The van der Waals surface area contributed by atoms with Gasteiger partial charge in [0.05, 0.1) is 29.1 Å². The molecule has 1 aliphatic heterocycles.